The molecule has 1 aliphatic carbocycles. The van der Waals surface area contributed by atoms with Crippen LogP contribution in [-0.2, 0) is 5.41 Å². The second kappa shape index (κ2) is 9.93. The summed E-state index contributed by atoms with van der Waals surface area (Å²) in [6, 6.07) is 57.3. The van der Waals surface area contributed by atoms with Crippen LogP contribution in [0.4, 0.5) is 17.1 Å². The van der Waals surface area contributed by atoms with Crippen molar-refractivity contribution in [3.63, 3.8) is 0 Å². The summed E-state index contributed by atoms with van der Waals surface area (Å²) in [7, 11) is 0. The SMILES string of the molecule is CC1(c2cc(N(c3ccccc3)c3ccc4c(c3)oc3ccccc34)c3sc4ccccc4c3c2)c2ccccc2-c2ccccc21. The first-order valence-corrected chi connectivity index (χ1v) is 16.9. The summed E-state index contributed by atoms with van der Waals surface area (Å²) in [5, 5.41) is 4.84. The largest absolute Gasteiger partial charge is 0.456 e. The first kappa shape index (κ1) is 26.6. The van der Waals surface area contributed by atoms with Gasteiger partial charge >= 0.3 is 0 Å². The van der Waals surface area contributed by atoms with Crippen LogP contribution in [0.1, 0.15) is 23.6 Å². The fourth-order valence-electron chi connectivity index (χ4n) is 7.89. The first-order chi connectivity index (χ1) is 23.2. The quantitative estimate of drug-likeness (QED) is 0.195. The van der Waals surface area contributed by atoms with Gasteiger partial charge in [0.05, 0.1) is 10.4 Å². The number of fused-ring (bicyclic) bond motifs is 9. The van der Waals surface area contributed by atoms with Gasteiger partial charge in [0.2, 0.25) is 0 Å². The van der Waals surface area contributed by atoms with E-state index in [4.69, 9.17) is 4.42 Å². The Labute approximate surface area is 276 Å². The van der Waals surface area contributed by atoms with Crippen LogP contribution in [0.3, 0.4) is 0 Å². The van der Waals surface area contributed by atoms with E-state index in [0.29, 0.717) is 0 Å². The van der Waals surface area contributed by atoms with E-state index in [1.54, 1.807) is 0 Å². The molecule has 0 saturated carbocycles. The van der Waals surface area contributed by atoms with E-state index in [0.717, 1.165) is 33.3 Å². The zero-order valence-electron chi connectivity index (χ0n) is 25.8. The van der Waals surface area contributed by atoms with E-state index < -0.39 is 0 Å². The zero-order valence-corrected chi connectivity index (χ0v) is 26.6. The summed E-state index contributed by atoms with van der Waals surface area (Å²) in [5.41, 5.74) is 11.4. The molecule has 2 nitrogen and oxygen atoms in total. The van der Waals surface area contributed by atoms with Gasteiger partial charge in [-0.15, -0.1) is 11.3 Å². The summed E-state index contributed by atoms with van der Waals surface area (Å²) < 4.78 is 8.99. The molecule has 2 heterocycles. The molecule has 2 aromatic heterocycles. The normalized spacial score (nSPS) is 13.4. The summed E-state index contributed by atoms with van der Waals surface area (Å²) in [6.07, 6.45) is 0. The molecule has 10 rings (SSSR count). The molecule has 0 N–H and O–H groups in total. The molecular formula is C44H29NOS. The van der Waals surface area contributed by atoms with Crippen molar-refractivity contribution in [1.29, 1.82) is 0 Å². The monoisotopic (exact) mass is 619 g/mol. The summed E-state index contributed by atoms with van der Waals surface area (Å²) >= 11 is 1.87. The number of nitrogens with zero attached hydrogens (tertiary/aromatic N) is 1. The predicted molar refractivity (Wildman–Crippen MR) is 199 cm³/mol. The molecule has 0 saturated heterocycles. The lowest BCUT2D eigenvalue weighted by Crippen LogP contribution is -2.23. The van der Waals surface area contributed by atoms with Crippen LogP contribution >= 0.6 is 11.3 Å². The molecule has 0 fully saturated rings. The topological polar surface area (TPSA) is 16.4 Å². The molecule has 0 atom stereocenters. The lowest BCUT2D eigenvalue weighted by molar-refractivity contribution is 0.669. The van der Waals surface area contributed by atoms with Gasteiger partial charge in [0, 0.05) is 49.1 Å². The second-order valence-electron chi connectivity index (χ2n) is 12.6. The van der Waals surface area contributed by atoms with Crippen molar-refractivity contribution < 1.29 is 4.42 Å². The van der Waals surface area contributed by atoms with Crippen LogP contribution in [0.25, 0.3) is 53.2 Å². The minimum absolute atomic E-state index is 0.329. The van der Waals surface area contributed by atoms with Crippen molar-refractivity contribution in [2.75, 3.05) is 4.90 Å². The summed E-state index contributed by atoms with van der Waals surface area (Å²) in [4.78, 5) is 2.42. The van der Waals surface area contributed by atoms with Crippen molar-refractivity contribution in [3.8, 4) is 11.1 Å². The molecule has 9 aromatic rings. The second-order valence-corrected chi connectivity index (χ2v) is 13.7. The molecule has 3 heteroatoms. The highest BCUT2D eigenvalue weighted by Crippen LogP contribution is 2.55. The van der Waals surface area contributed by atoms with Gasteiger partial charge in [-0.25, -0.2) is 0 Å². The van der Waals surface area contributed by atoms with Crippen molar-refractivity contribution in [2.45, 2.75) is 12.3 Å². The maximum absolute atomic E-state index is 6.43. The fourth-order valence-corrected chi connectivity index (χ4v) is 9.07. The van der Waals surface area contributed by atoms with Gasteiger partial charge in [-0.2, -0.15) is 0 Å². The standard InChI is InChI=1S/C44H29NOS/c1-44(37-19-9-5-15-31(37)32-16-6-10-20-38(32)44)28-25-36-35-18-8-12-22-42(35)47-43(36)39(26-28)45(29-13-3-2-4-14-29)30-23-24-34-33-17-7-11-21-40(33)46-41(34)27-30/h2-27H,1H3. The van der Waals surface area contributed by atoms with Crippen LogP contribution in [0.5, 0.6) is 0 Å². The van der Waals surface area contributed by atoms with E-state index in [9.17, 15) is 0 Å². The molecule has 0 spiro atoms. The molecule has 0 aliphatic heterocycles. The molecule has 0 unspecified atom stereocenters. The van der Waals surface area contributed by atoms with Crippen LogP contribution in [-0.4, -0.2) is 0 Å². The van der Waals surface area contributed by atoms with Gasteiger partial charge in [-0.1, -0.05) is 103 Å². The van der Waals surface area contributed by atoms with E-state index in [1.165, 1.54) is 53.7 Å². The van der Waals surface area contributed by atoms with Gasteiger partial charge in [0.25, 0.3) is 0 Å². The van der Waals surface area contributed by atoms with Crippen LogP contribution in [0.15, 0.2) is 162 Å². The predicted octanol–water partition coefficient (Wildman–Crippen LogP) is 12.8. The minimum atomic E-state index is -0.329. The zero-order chi connectivity index (χ0) is 31.1. The van der Waals surface area contributed by atoms with Crippen LogP contribution < -0.4 is 4.90 Å². The van der Waals surface area contributed by atoms with Gasteiger partial charge in [0.15, 0.2) is 0 Å². The van der Waals surface area contributed by atoms with Crippen molar-refractivity contribution >= 4 is 70.5 Å². The highest BCUT2D eigenvalue weighted by molar-refractivity contribution is 7.26. The Morgan fingerprint density at radius 2 is 1.15 bits per heavy atom. The molecule has 7 aromatic carbocycles. The van der Waals surface area contributed by atoms with Gasteiger partial charge < -0.3 is 9.32 Å². The molecule has 1 aliphatic rings. The number of benzene rings is 7. The van der Waals surface area contributed by atoms with Crippen molar-refractivity contribution in [2.24, 2.45) is 0 Å². The summed E-state index contributed by atoms with van der Waals surface area (Å²) in [6.45, 7) is 2.41. The molecule has 222 valence electrons. The number of hydrogen-bond donors (Lipinski definition) is 0. The van der Waals surface area contributed by atoms with E-state index in [2.05, 4.69) is 157 Å². The first-order valence-electron chi connectivity index (χ1n) is 16.1. The highest BCUT2D eigenvalue weighted by Gasteiger charge is 2.41. The minimum Gasteiger partial charge on any atom is -0.456 e. The Bertz CT molecular complexity index is 2620. The number of hydrogen-bond acceptors (Lipinski definition) is 3. The van der Waals surface area contributed by atoms with Gasteiger partial charge in [0.1, 0.15) is 11.2 Å². The lowest BCUT2D eigenvalue weighted by atomic mass is 9.74. The Balaban J connectivity index is 1.30. The maximum atomic E-state index is 6.43. The fraction of sp³-hybridized carbons (Fsp3) is 0.0455. The van der Waals surface area contributed by atoms with Crippen molar-refractivity contribution in [1.82, 2.24) is 0 Å². The van der Waals surface area contributed by atoms with Crippen molar-refractivity contribution in [3.05, 3.63) is 174 Å². The number of rotatable bonds is 4. The molecule has 0 radical (unpaired) electrons. The Hall–Kier alpha value is -5.64. The lowest BCUT2D eigenvalue weighted by Gasteiger charge is -2.32. The van der Waals surface area contributed by atoms with E-state index in [1.807, 2.05) is 23.5 Å². The smallest absolute Gasteiger partial charge is 0.137 e. The third kappa shape index (κ3) is 3.78. The average molecular weight is 620 g/mol. The molecule has 47 heavy (non-hydrogen) atoms. The molecular weight excluding hydrogens is 591 g/mol. The van der Waals surface area contributed by atoms with E-state index >= 15 is 0 Å². The number of furan rings is 1. The van der Waals surface area contributed by atoms with Gasteiger partial charge in [-0.05, 0) is 83.3 Å². The Morgan fingerprint density at radius 1 is 0.511 bits per heavy atom. The Kier molecular flexibility index (Phi) is 5.61. The molecule has 0 bridgehead atoms. The van der Waals surface area contributed by atoms with Gasteiger partial charge in [-0.3, -0.25) is 0 Å². The van der Waals surface area contributed by atoms with Crippen LogP contribution in [0.2, 0.25) is 0 Å². The third-order valence-corrected chi connectivity index (χ3v) is 11.3. The molecule has 0 amide bonds. The van der Waals surface area contributed by atoms with Crippen LogP contribution in [0, 0.1) is 0 Å². The highest BCUT2D eigenvalue weighted by atomic mass is 32.1. The average Bonchev–Trinajstić information content (AvgIpc) is 3.78. The summed E-state index contributed by atoms with van der Waals surface area (Å²) in [5.74, 6) is 0. The number of para-hydroxylation sites is 2. The number of thiophene rings is 1. The Morgan fingerprint density at radius 3 is 1.94 bits per heavy atom. The maximum Gasteiger partial charge on any atom is 0.137 e. The third-order valence-electron chi connectivity index (χ3n) is 10.1. The van der Waals surface area contributed by atoms with E-state index in [-0.39, 0.29) is 5.41 Å². The number of anilines is 3.